The Balaban J connectivity index is 2.69. The molecule has 0 aromatic heterocycles. The molecule has 0 fully saturated rings. The number of halogens is 1. The molecule has 0 bridgehead atoms. The van der Waals surface area contributed by atoms with E-state index in [2.05, 4.69) is 4.74 Å². The highest BCUT2D eigenvalue weighted by Gasteiger charge is 2.15. The van der Waals surface area contributed by atoms with Crippen molar-refractivity contribution in [2.24, 2.45) is 0 Å². The summed E-state index contributed by atoms with van der Waals surface area (Å²) in [4.78, 5) is 11.0. The maximum Gasteiger partial charge on any atom is 0.346 e. The van der Waals surface area contributed by atoms with E-state index in [1.54, 1.807) is 31.2 Å². The number of carbonyl (C=O) groups is 1. The summed E-state index contributed by atoms with van der Waals surface area (Å²) in [6.07, 6.45) is -0.653. The SMILES string of the molecule is COC(=O)[C@H](C)Oc1ccccc1Cl. The van der Waals surface area contributed by atoms with Crippen LogP contribution in [0, 0.1) is 0 Å². The molecule has 1 aromatic carbocycles. The standard InChI is InChI=1S/C10H11ClO3/c1-7(10(12)13-2)14-9-6-4-3-5-8(9)11/h3-7H,1-2H3/t7-/m0/s1. The molecule has 0 aliphatic carbocycles. The summed E-state index contributed by atoms with van der Waals surface area (Å²) in [6.45, 7) is 1.61. The fourth-order valence-corrected chi connectivity index (χ4v) is 1.13. The summed E-state index contributed by atoms with van der Waals surface area (Å²) in [5.41, 5.74) is 0. The lowest BCUT2D eigenvalue weighted by atomic mass is 10.3. The second-order valence-electron chi connectivity index (χ2n) is 2.71. The summed E-state index contributed by atoms with van der Waals surface area (Å²) in [6, 6.07) is 6.96. The molecule has 0 N–H and O–H groups in total. The lowest BCUT2D eigenvalue weighted by Gasteiger charge is -2.12. The van der Waals surface area contributed by atoms with Gasteiger partial charge in [0.1, 0.15) is 5.75 Å². The van der Waals surface area contributed by atoms with Gasteiger partial charge in [-0.2, -0.15) is 0 Å². The first-order valence-corrected chi connectivity index (χ1v) is 4.52. The number of esters is 1. The molecule has 0 aliphatic heterocycles. The average Bonchev–Trinajstić information content (AvgIpc) is 2.20. The number of ether oxygens (including phenoxy) is 2. The van der Waals surface area contributed by atoms with Crippen LogP contribution < -0.4 is 4.74 Å². The van der Waals surface area contributed by atoms with Crippen LogP contribution in [-0.2, 0) is 9.53 Å². The second kappa shape index (κ2) is 4.86. The number of methoxy groups -OCH3 is 1. The van der Waals surface area contributed by atoms with E-state index < -0.39 is 12.1 Å². The largest absolute Gasteiger partial charge is 0.477 e. The molecular formula is C10H11ClO3. The van der Waals surface area contributed by atoms with Crippen LogP contribution in [0.1, 0.15) is 6.92 Å². The van der Waals surface area contributed by atoms with Gasteiger partial charge in [0.15, 0.2) is 6.10 Å². The number of rotatable bonds is 3. The highest BCUT2D eigenvalue weighted by atomic mass is 35.5. The van der Waals surface area contributed by atoms with E-state index in [1.165, 1.54) is 7.11 Å². The number of hydrogen-bond acceptors (Lipinski definition) is 3. The third-order valence-electron chi connectivity index (χ3n) is 1.67. The van der Waals surface area contributed by atoms with Gasteiger partial charge < -0.3 is 9.47 Å². The molecule has 0 spiro atoms. The zero-order chi connectivity index (χ0) is 10.6. The van der Waals surface area contributed by atoms with Gasteiger partial charge in [-0.25, -0.2) is 4.79 Å². The minimum absolute atomic E-state index is 0.426. The van der Waals surface area contributed by atoms with Crippen LogP contribution in [0.2, 0.25) is 5.02 Å². The molecule has 0 heterocycles. The molecule has 0 saturated heterocycles. The van der Waals surface area contributed by atoms with Crippen molar-refractivity contribution >= 4 is 17.6 Å². The quantitative estimate of drug-likeness (QED) is 0.725. The van der Waals surface area contributed by atoms with Crippen molar-refractivity contribution in [1.29, 1.82) is 0 Å². The van der Waals surface area contributed by atoms with Crippen LogP contribution in [0.15, 0.2) is 24.3 Å². The summed E-state index contributed by atoms with van der Waals surface area (Å²) in [5.74, 6) is 0.0528. The molecule has 0 unspecified atom stereocenters. The topological polar surface area (TPSA) is 35.5 Å². The van der Waals surface area contributed by atoms with E-state index in [0.717, 1.165) is 0 Å². The van der Waals surface area contributed by atoms with Crippen molar-refractivity contribution in [3.05, 3.63) is 29.3 Å². The van der Waals surface area contributed by atoms with Gasteiger partial charge in [-0.1, -0.05) is 23.7 Å². The predicted molar refractivity (Wildman–Crippen MR) is 53.6 cm³/mol. The van der Waals surface area contributed by atoms with Gasteiger partial charge in [-0.05, 0) is 19.1 Å². The summed E-state index contributed by atoms with van der Waals surface area (Å²) in [7, 11) is 1.31. The Morgan fingerprint density at radius 1 is 1.43 bits per heavy atom. The Kier molecular flexibility index (Phi) is 3.77. The van der Waals surface area contributed by atoms with Gasteiger partial charge in [0.05, 0.1) is 12.1 Å². The lowest BCUT2D eigenvalue weighted by molar-refractivity contribution is -0.147. The second-order valence-corrected chi connectivity index (χ2v) is 3.12. The monoisotopic (exact) mass is 214 g/mol. The van der Waals surface area contributed by atoms with Gasteiger partial charge in [0.25, 0.3) is 0 Å². The van der Waals surface area contributed by atoms with Crippen molar-refractivity contribution < 1.29 is 14.3 Å². The van der Waals surface area contributed by atoms with Crippen molar-refractivity contribution in [1.82, 2.24) is 0 Å². The fourth-order valence-electron chi connectivity index (χ4n) is 0.945. The van der Waals surface area contributed by atoms with E-state index in [1.807, 2.05) is 0 Å². The Morgan fingerprint density at radius 2 is 2.07 bits per heavy atom. The molecule has 1 aromatic rings. The molecular weight excluding hydrogens is 204 g/mol. The third-order valence-corrected chi connectivity index (χ3v) is 1.99. The molecule has 4 heteroatoms. The average molecular weight is 215 g/mol. The maximum absolute atomic E-state index is 11.0. The van der Waals surface area contributed by atoms with Crippen molar-refractivity contribution in [2.75, 3.05) is 7.11 Å². The summed E-state index contributed by atoms with van der Waals surface area (Å²) in [5, 5.41) is 0.475. The Hall–Kier alpha value is -1.22. The first-order valence-electron chi connectivity index (χ1n) is 4.14. The predicted octanol–water partition coefficient (Wildman–Crippen LogP) is 2.28. The molecule has 0 amide bonds. The van der Waals surface area contributed by atoms with E-state index in [0.29, 0.717) is 10.8 Å². The lowest BCUT2D eigenvalue weighted by Crippen LogP contribution is -2.24. The molecule has 0 radical (unpaired) electrons. The van der Waals surface area contributed by atoms with Crippen LogP contribution >= 0.6 is 11.6 Å². The molecule has 14 heavy (non-hydrogen) atoms. The molecule has 1 rings (SSSR count). The molecule has 76 valence electrons. The Labute approximate surface area is 87.6 Å². The van der Waals surface area contributed by atoms with Crippen molar-refractivity contribution in [3.63, 3.8) is 0 Å². The zero-order valence-corrected chi connectivity index (χ0v) is 8.75. The Bertz CT molecular complexity index is 325. The van der Waals surface area contributed by atoms with E-state index >= 15 is 0 Å². The van der Waals surface area contributed by atoms with E-state index in [9.17, 15) is 4.79 Å². The molecule has 1 atom stereocenters. The van der Waals surface area contributed by atoms with Crippen LogP contribution in [0.4, 0.5) is 0 Å². The Morgan fingerprint density at radius 3 is 2.64 bits per heavy atom. The molecule has 0 saturated carbocycles. The van der Waals surface area contributed by atoms with Gasteiger partial charge in [-0.15, -0.1) is 0 Å². The minimum Gasteiger partial charge on any atom is -0.477 e. The first-order chi connectivity index (χ1) is 6.65. The van der Waals surface area contributed by atoms with Gasteiger partial charge >= 0.3 is 5.97 Å². The first kappa shape index (κ1) is 10.9. The normalized spacial score (nSPS) is 11.9. The maximum atomic E-state index is 11.0. The van der Waals surface area contributed by atoms with Gasteiger partial charge in [0.2, 0.25) is 0 Å². The van der Waals surface area contributed by atoms with Crippen LogP contribution in [-0.4, -0.2) is 19.2 Å². The summed E-state index contributed by atoms with van der Waals surface area (Å²) >= 11 is 5.84. The molecule has 3 nitrogen and oxygen atoms in total. The van der Waals surface area contributed by atoms with E-state index in [-0.39, 0.29) is 0 Å². The highest BCUT2D eigenvalue weighted by molar-refractivity contribution is 6.32. The van der Waals surface area contributed by atoms with Crippen LogP contribution in [0.5, 0.6) is 5.75 Å². The number of benzene rings is 1. The number of para-hydroxylation sites is 1. The van der Waals surface area contributed by atoms with Gasteiger partial charge in [-0.3, -0.25) is 0 Å². The summed E-state index contributed by atoms with van der Waals surface area (Å²) < 4.78 is 9.81. The van der Waals surface area contributed by atoms with Crippen molar-refractivity contribution in [3.8, 4) is 5.75 Å². The van der Waals surface area contributed by atoms with Crippen LogP contribution in [0.3, 0.4) is 0 Å². The fraction of sp³-hybridized carbons (Fsp3) is 0.300. The third kappa shape index (κ3) is 2.64. The smallest absolute Gasteiger partial charge is 0.346 e. The van der Waals surface area contributed by atoms with Crippen LogP contribution in [0.25, 0.3) is 0 Å². The van der Waals surface area contributed by atoms with Crippen molar-refractivity contribution in [2.45, 2.75) is 13.0 Å². The van der Waals surface area contributed by atoms with E-state index in [4.69, 9.17) is 16.3 Å². The minimum atomic E-state index is -0.653. The zero-order valence-electron chi connectivity index (χ0n) is 7.99. The number of hydrogen-bond donors (Lipinski definition) is 0. The number of carbonyl (C=O) groups excluding carboxylic acids is 1. The van der Waals surface area contributed by atoms with Gasteiger partial charge in [0, 0.05) is 0 Å². The highest BCUT2D eigenvalue weighted by Crippen LogP contribution is 2.24. The molecule has 0 aliphatic rings.